The Morgan fingerprint density at radius 2 is 2.00 bits per heavy atom. The molecule has 0 saturated carbocycles. The highest BCUT2D eigenvalue weighted by Gasteiger charge is 2.03. The second kappa shape index (κ2) is 7.21. The molecular formula is C14H19N3OS. The molecular weight excluding hydrogens is 258 g/mol. The molecule has 2 aromatic heterocycles. The van der Waals surface area contributed by atoms with Crippen LogP contribution in [0.3, 0.4) is 0 Å². The molecule has 0 spiro atoms. The molecule has 0 amide bonds. The summed E-state index contributed by atoms with van der Waals surface area (Å²) in [6.45, 7) is 7.96. The summed E-state index contributed by atoms with van der Waals surface area (Å²) in [4.78, 5) is 3.44. The molecule has 0 aromatic carbocycles. The highest BCUT2D eigenvalue weighted by Crippen LogP contribution is 2.22. The molecule has 4 nitrogen and oxygen atoms in total. The predicted octanol–water partition coefficient (Wildman–Crippen LogP) is 2.93. The summed E-state index contributed by atoms with van der Waals surface area (Å²) in [5, 5.41) is 10.3. The molecule has 0 aliphatic heterocycles. The van der Waals surface area contributed by atoms with Gasteiger partial charge in [0.25, 0.3) is 0 Å². The molecule has 2 heterocycles. The SMILES string of the molecule is CCN(CC)CCOc1ccc(-c2cccs2)nn1. The van der Waals surface area contributed by atoms with E-state index in [0.29, 0.717) is 12.5 Å². The molecule has 0 radical (unpaired) electrons. The molecule has 5 heteroatoms. The van der Waals surface area contributed by atoms with E-state index in [2.05, 4.69) is 28.9 Å². The Balaban J connectivity index is 1.85. The van der Waals surface area contributed by atoms with Crippen LogP contribution in [0.2, 0.25) is 0 Å². The molecule has 0 atom stereocenters. The maximum Gasteiger partial charge on any atom is 0.233 e. The Labute approximate surface area is 118 Å². The van der Waals surface area contributed by atoms with E-state index in [1.54, 1.807) is 11.3 Å². The van der Waals surface area contributed by atoms with Crippen molar-refractivity contribution in [3.8, 4) is 16.5 Å². The Bertz CT molecular complexity index is 466. The van der Waals surface area contributed by atoms with E-state index < -0.39 is 0 Å². The van der Waals surface area contributed by atoms with Crippen LogP contribution < -0.4 is 4.74 Å². The number of rotatable bonds is 7. The van der Waals surface area contributed by atoms with Crippen molar-refractivity contribution in [3.05, 3.63) is 29.6 Å². The maximum absolute atomic E-state index is 5.60. The third-order valence-corrected chi connectivity index (χ3v) is 3.86. The second-order valence-corrected chi connectivity index (χ2v) is 5.06. The van der Waals surface area contributed by atoms with Crippen LogP contribution >= 0.6 is 11.3 Å². The number of likely N-dealkylation sites (N-methyl/N-ethyl adjacent to an activating group) is 1. The Kier molecular flexibility index (Phi) is 5.30. The number of thiophene rings is 1. The van der Waals surface area contributed by atoms with E-state index in [0.717, 1.165) is 30.2 Å². The van der Waals surface area contributed by atoms with Crippen molar-refractivity contribution in [2.45, 2.75) is 13.8 Å². The number of hydrogen-bond acceptors (Lipinski definition) is 5. The molecule has 2 aromatic rings. The van der Waals surface area contributed by atoms with Gasteiger partial charge in [-0.05, 0) is 30.6 Å². The largest absolute Gasteiger partial charge is 0.475 e. The highest BCUT2D eigenvalue weighted by molar-refractivity contribution is 7.13. The van der Waals surface area contributed by atoms with Crippen LogP contribution in [-0.2, 0) is 0 Å². The van der Waals surface area contributed by atoms with Gasteiger partial charge in [0.15, 0.2) is 0 Å². The number of aromatic nitrogens is 2. The van der Waals surface area contributed by atoms with E-state index in [1.165, 1.54) is 0 Å². The van der Waals surface area contributed by atoms with Crippen molar-refractivity contribution < 1.29 is 4.74 Å². The number of ether oxygens (including phenoxy) is 1. The van der Waals surface area contributed by atoms with Gasteiger partial charge in [0.05, 0.1) is 4.88 Å². The number of nitrogens with zero attached hydrogens (tertiary/aromatic N) is 3. The minimum absolute atomic E-state index is 0.590. The lowest BCUT2D eigenvalue weighted by molar-refractivity contribution is 0.216. The zero-order chi connectivity index (χ0) is 13.5. The van der Waals surface area contributed by atoms with E-state index >= 15 is 0 Å². The minimum atomic E-state index is 0.590. The average Bonchev–Trinajstić information content (AvgIpc) is 2.98. The van der Waals surface area contributed by atoms with Crippen molar-refractivity contribution in [1.29, 1.82) is 0 Å². The Hall–Kier alpha value is -1.46. The first-order chi connectivity index (χ1) is 9.33. The topological polar surface area (TPSA) is 38.2 Å². The summed E-state index contributed by atoms with van der Waals surface area (Å²) in [7, 11) is 0. The molecule has 0 N–H and O–H groups in total. The second-order valence-electron chi connectivity index (χ2n) is 4.11. The van der Waals surface area contributed by atoms with Crippen LogP contribution in [0.1, 0.15) is 13.8 Å². The molecule has 0 aliphatic rings. The van der Waals surface area contributed by atoms with Crippen molar-refractivity contribution in [2.24, 2.45) is 0 Å². The van der Waals surface area contributed by atoms with Crippen LogP contribution in [0, 0.1) is 0 Å². The van der Waals surface area contributed by atoms with Crippen LogP contribution in [-0.4, -0.2) is 41.3 Å². The summed E-state index contributed by atoms with van der Waals surface area (Å²) < 4.78 is 5.60. The summed E-state index contributed by atoms with van der Waals surface area (Å²) in [6, 6.07) is 7.88. The van der Waals surface area contributed by atoms with Crippen LogP contribution in [0.4, 0.5) is 0 Å². The van der Waals surface area contributed by atoms with Crippen molar-refractivity contribution in [2.75, 3.05) is 26.2 Å². The Morgan fingerprint density at radius 3 is 2.58 bits per heavy atom. The average molecular weight is 277 g/mol. The summed E-state index contributed by atoms with van der Waals surface area (Å²) >= 11 is 1.66. The van der Waals surface area contributed by atoms with Gasteiger partial charge >= 0.3 is 0 Å². The van der Waals surface area contributed by atoms with Crippen molar-refractivity contribution >= 4 is 11.3 Å². The van der Waals surface area contributed by atoms with Gasteiger partial charge in [-0.3, -0.25) is 0 Å². The van der Waals surface area contributed by atoms with Gasteiger partial charge in [-0.2, -0.15) is 0 Å². The fourth-order valence-electron chi connectivity index (χ4n) is 1.77. The third-order valence-electron chi connectivity index (χ3n) is 2.97. The zero-order valence-electron chi connectivity index (χ0n) is 11.4. The molecule has 19 heavy (non-hydrogen) atoms. The quantitative estimate of drug-likeness (QED) is 0.780. The summed E-state index contributed by atoms with van der Waals surface area (Å²) in [5.41, 5.74) is 0.895. The first kappa shape index (κ1) is 14.0. The van der Waals surface area contributed by atoms with Gasteiger partial charge < -0.3 is 9.64 Å². The van der Waals surface area contributed by atoms with Crippen LogP contribution in [0.25, 0.3) is 10.6 Å². The van der Waals surface area contributed by atoms with Gasteiger partial charge in [-0.15, -0.1) is 21.5 Å². The third kappa shape index (κ3) is 4.01. The van der Waals surface area contributed by atoms with Crippen LogP contribution in [0.5, 0.6) is 5.88 Å². The van der Waals surface area contributed by atoms with Gasteiger partial charge in [-0.1, -0.05) is 19.9 Å². The standard InChI is InChI=1S/C14H19N3OS/c1-3-17(4-2)9-10-18-14-8-7-12(15-16-14)13-6-5-11-19-13/h5-8,11H,3-4,9-10H2,1-2H3. The maximum atomic E-state index is 5.60. The van der Waals surface area contributed by atoms with Crippen molar-refractivity contribution in [1.82, 2.24) is 15.1 Å². The number of hydrogen-bond donors (Lipinski definition) is 0. The summed E-state index contributed by atoms with van der Waals surface area (Å²) in [6.07, 6.45) is 0. The highest BCUT2D eigenvalue weighted by atomic mass is 32.1. The van der Waals surface area contributed by atoms with Gasteiger partial charge in [-0.25, -0.2) is 0 Å². The van der Waals surface area contributed by atoms with E-state index in [1.807, 2.05) is 29.6 Å². The summed E-state index contributed by atoms with van der Waals surface area (Å²) in [5.74, 6) is 0.590. The fourth-order valence-corrected chi connectivity index (χ4v) is 2.46. The van der Waals surface area contributed by atoms with Crippen LogP contribution in [0.15, 0.2) is 29.6 Å². The predicted molar refractivity (Wildman–Crippen MR) is 78.6 cm³/mol. The molecule has 0 unspecified atom stereocenters. The molecule has 0 fully saturated rings. The fraction of sp³-hybridized carbons (Fsp3) is 0.429. The molecule has 2 rings (SSSR count). The van der Waals surface area contributed by atoms with E-state index in [4.69, 9.17) is 4.74 Å². The van der Waals surface area contributed by atoms with E-state index in [-0.39, 0.29) is 0 Å². The van der Waals surface area contributed by atoms with E-state index in [9.17, 15) is 0 Å². The zero-order valence-corrected chi connectivity index (χ0v) is 12.2. The smallest absolute Gasteiger partial charge is 0.233 e. The molecule has 0 aliphatic carbocycles. The monoisotopic (exact) mass is 277 g/mol. The lowest BCUT2D eigenvalue weighted by Crippen LogP contribution is -2.28. The van der Waals surface area contributed by atoms with Gasteiger partial charge in [0.1, 0.15) is 12.3 Å². The first-order valence-corrected chi connectivity index (χ1v) is 7.44. The molecule has 0 bridgehead atoms. The van der Waals surface area contributed by atoms with Gasteiger partial charge in [0, 0.05) is 12.6 Å². The lowest BCUT2D eigenvalue weighted by Gasteiger charge is -2.17. The van der Waals surface area contributed by atoms with Gasteiger partial charge in [0.2, 0.25) is 5.88 Å². The van der Waals surface area contributed by atoms with Crippen molar-refractivity contribution in [3.63, 3.8) is 0 Å². The first-order valence-electron chi connectivity index (χ1n) is 6.56. The Morgan fingerprint density at radius 1 is 1.16 bits per heavy atom. The normalized spacial score (nSPS) is 10.9. The molecule has 102 valence electrons. The minimum Gasteiger partial charge on any atom is -0.475 e. The lowest BCUT2D eigenvalue weighted by atomic mass is 10.3. The molecule has 0 saturated heterocycles.